The highest BCUT2D eigenvalue weighted by Gasteiger charge is 2.22. The quantitative estimate of drug-likeness (QED) is 0.358. The average Bonchev–Trinajstić information content (AvgIpc) is 2.58. The van der Waals surface area contributed by atoms with Gasteiger partial charge < -0.3 is 10.1 Å². The minimum absolute atomic E-state index is 0.119. The number of Topliss-reactive ketones (excluding diaryl/α,β-unsaturated/α-hetero) is 2. The van der Waals surface area contributed by atoms with E-state index in [0.29, 0.717) is 37.1 Å². The Balaban J connectivity index is 1.91. The largest absolute Gasteiger partial charge is 0.462 e. The second-order valence-electron chi connectivity index (χ2n) is 5.82. The molecule has 1 aromatic carbocycles. The molecule has 128 valence electrons. The van der Waals surface area contributed by atoms with E-state index in [2.05, 4.69) is 12.2 Å². The minimum Gasteiger partial charge on any atom is -0.462 e. The van der Waals surface area contributed by atoms with Crippen LogP contribution < -0.4 is 5.32 Å². The maximum atomic E-state index is 11.9. The zero-order chi connectivity index (χ0) is 17.4. The summed E-state index contributed by atoms with van der Waals surface area (Å²) in [5.41, 5.74) is 1.41. The van der Waals surface area contributed by atoms with Crippen molar-refractivity contribution in [1.29, 1.82) is 0 Å². The average molecular weight is 329 g/mol. The predicted octanol–water partition coefficient (Wildman–Crippen LogP) is 3.65. The van der Waals surface area contributed by atoms with E-state index in [1.807, 2.05) is 0 Å². The monoisotopic (exact) mass is 329 g/mol. The van der Waals surface area contributed by atoms with Gasteiger partial charge in [-0.15, -0.1) is 0 Å². The van der Waals surface area contributed by atoms with Gasteiger partial charge in [-0.2, -0.15) is 0 Å². The molecule has 5 heteroatoms. The molecule has 1 fully saturated rings. The maximum absolute atomic E-state index is 11.9. The number of esters is 1. The Bertz CT molecular complexity index is 613. The Morgan fingerprint density at radius 1 is 1.12 bits per heavy atom. The van der Waals surface area contributed by atoms with Crippen molar-refractivity contribution in [3.8, 4) is 0 Å². The van der Waals surface area contributed by atoms with Crippen molar-refractivity contribution in [3.05, 3.63) is 41.6 Å². The lowest BCUT2D eigenvalue weighted by atomic mass is 9.93. The van der Waals surface area contributed by atoms with Crippen molar-refractivity contribution in [2.75, 3.05) is 11.9 Å². The van der Waals surface area contributed by atoms with Gasteiger partial charge in [0.2, 0.25) is 0 Å². The molecule has 1 aliphatic rings. The van der Waals surface area contributed by atoms with Crippen LogP contribution in [0.15, 0.2) is 36.0 Å². The van der Waals surface area contributed by atoms with Gasteiger partial charge in [-0.25, -0.2) is 4.79 Å². The molecule has 1 aromatic rings. The number of hydrogen-bond donors (Lipinski definition) is 1. The third-order valence-corrected chi connectivity index (χ3v) is 3.89. The van der Waals surface area contributed by atoms with Crippen LogP contribution in [0.3, 0.4) is 0 Å². The zero-order valence-electron chi connectivity index (χ0n) is 14.0. The molecule has 0 unspecified atom stereocenters. The molecule has 0 saturated heterocycles. The Labute approximate surface area is 142 Å². The molecule has 2 rings (SSSR count). The summed E-state index contributed by atoms with van der Waals surface area (Å²) in [4.78, 5) is 35.3. The van der Waals surface area contributed by atoms with Crippen LogP contribution in [-0.4, -0.2) is 24.1 Å². The van der Waals surface area contributed by atoms with Gasteiger partial charge >= 0.3 is 5.97 Å². The molecule has 5 nitrogen and oxygen atoms in total. The van der Waals surface area contributed by atoms with Crippen LogP contribution >= 0.6 is 0 Å². The summed E-state index contributed by atoms with van der Waals surface area (Å²) < 4.78 is 5.19. The Kier molecular flexibility index (Phi) is 6.73. The second kappa shape index (κ2) is 9.01. The van der Waals surface area contributed by atoms with Crippen LogP contribution in [0, 0.1) is 0 Å². The highest BCUT2D eigenvalue weighted by Crippen LogP contribution is 2.17. The Morgan fingerprint density at radius 2 is 1.79 bits per heavy atom. The van der Waals surface area contributed by atoms with Gasteiger partial charge in [0, 0.05) is 24.7 Å². The van der Waals surface area contributed by atoms with Gasteiger partial charge in [0.05, 0.1) is 17.7 Å². The minimum atomic E-state index is -0.339. The molecular weight excluding hydrogens is 306 g/mol. The normalized spacial score (nSPS) is 14.5. The van der Waals surface area contributed by atoms with Crippen LogP contribution in [0.2, 0.25) is 0 Å². The fourth-order valence-corrected chi connectivity index (χ4v) is 2.45. The molecule has 1 aliphatic carbocycles. The molecule has 0 amide bonds. The summed E-state index contributed by atoms with van der Waals surface area (Å²) >= 11 is 0. The number of carbonyl (C=O) groups is 3. The molecule has 0 heterocycles. The van der Waals surface area contributed by atoms with Crippen LogP contribution in [0.1, 0.15) is 55.8 Å². The van der Waals surface area contributed by atoms with Crippen LogP contribution in [0.5, 0.6) is 0 Å². The fourth-order valence-electron chi connectivity index (χ4n) is 2.45. The first kappa shape index (κ1) is 17.9. The smallest absolute Gasteiger partial charge is 0.338 e. The van der Waals surface area contributed by atoms with Crippen molar-refractivity contribution < 1.29 is 19.1 Å². The number of unbranched alkanes of at least 4 members (excludes halogenated alkanes) is 2. The van der Waals surface area contributed by atoms with E-state index in [9.17, 15) is 14.4 Å². The van der Waals surface area contributed by atoms with Crippen molar-refractivity contribution >= 4 is 23.2 Å². The Morgan fingerprint density at radius 3 is 2.42 bits per heavy atom. The molecule has 0 radical (unpaired) electrons. The van der Waals surface area contributed by atoms with Crippen molar-refractivity contribution in [1.82, 2.24) is 0 Å². The highest BCUT2D eigenvalue weighted by atomic mass is 16.5. The van der Waals surface area contributed by atoms with Crippen LogP contribution in [0.25, 0.3) is 0 Å². The molecule has 0 bridgehead atoms. The number of hydrogen-bond acceptors (Lipinski definition) is 5. The lowest BCUT2D eigenvalue weighted by molar-refractivity contribution is -0.123. The van der Waals surface area contributed by atoms with Gasteiger partial charge in [-0.05, 0) is 37.1 Å². The number of benzene rings is 1. The summed E-state index contributed by atoms with van der Waals surface area (Å²) in [7, 11) is 0. The van der Waals surface area contributed by atoms with Gasteiger partial charge in [-0.1, -0.05) is 19.8 Å². The molecule has 24 heavy (non-hydrogen) atoms. The van der Waals surface area contributed by atoms with Crippen molar-refractivity contribution in [2.24, 2.45) is 0 Å². The first-order valence-electron chi connectivity index (χ1n) is 8.42. The SMILES string of the molecule is CCCCCOC(=O)c1ccc(NC=C2C(=O)CCCC2=O)cc1. The summed E-state index contributed by atoms with van der Waals surface area (Å²) in [5.74, 6) is -0.578. The zero-order valence-corrected chi connectivity index (χ0v) is 14.0. The van der Waals surface area contributed by atoms with E-state index in [0.717, 1.165) is 19.3 Å². The van der Waals surface area contributed by atoms with Crippen molar-refractivity contribution in [3.63, 3.8) is 0 Å². The predicted molar refractivity (Wildman–Crippen MR) is 91.8 cm³/mol. The number of ether oxygens (including phenoxy) is 1. The molecule has 0 spiro atoms. The summed E-state index contributed by atoms with van der Waals surface area (Å²) in [5, 5.41) is 2.95. The number of allylic oxidation sites excluding steroid dienone is 1. The van der Waals surface area contributed by atoms with Gasteiger partial charge in [0.1, 0.15) is 0 Å². The molecule has 0 aliphatic heterocycles. The van der Waals surface area contributed by atoms with Gasteiger partial charge in [-0.3, -0.25) is 9.59 Å². The topological polar surface area (TPSA) is 72.5 Å². The number of rotatable bonds is 7. The van der Waals surface area contributed by atoms with E-state index in [-0.39, 0.29) is 23.1 Å². The van der Waals surface area contributed by atoms with Crippen molar-refractivity contribution in [2.45, 2.75) is 45.4 Å². The van der Waals surface area contributed by atoms with E-state index in [4.69, 9.17) is 4.74 Å². The number of ketones is 2. The third-order valence-electron chi connectivity index (χ3n) is 3.89. The van der Waals surface area contributed by atoms with E-state index in [1.54, 1.807) is 24.3 Å². The first-order chi connectivity index (χ1) is 11.6. The molecule has 1 N–H and O–H groups in total. The molecule has 0 atom stereocenters. The van der Waals surface area contributed by atoms with Crippen LogP contribution in [-0.2, 0) is 14.3 Å². The lowest BCUT2D eigenvalue weighted by Gasteiger charge is -2.12. The number of anilines is 1. The summed E-state index contributed by atoms with van der Waals surface area (Å²) in [6.07, 6.45) is 5.92. The number of nitrogens with one attached hydrogen (secondary N) is 1. The van der Waals surface area contributed by atoms with E-state index >= 15 is 0 Å². The van der Waals surface area contributed by atoms with Gasteiger partial charge in [0.25, 0.3) is 0 Å². The summed E-state index contributed by atoms with van der Waals surface area (Å²) in [6, 6.07) is 6.76. The molecular formula is C19H23NO4. The number of carbonyl (C=O) groups excluding carboxylic acids is 3. The van der Waals surface area contributed by atoms with E-state index in [1.165, 1.54) is 6.20 Å². The second-order valence-corrected chi connectivity index (χ2v) is 5.82. The Hall–Kier alpha value is -2.43. The van der Waals surface area contributed by atoms with Crippen LogP contribution in [0.4, 0.5) is 5.69 Å². The summed E-state index contributed by atoms with van der Waals surface area (Å²) in [6.45, 7) is 2.53. The van der Waals surface area contributed by atoms with Gasteiger partial charge in [0.15, 0.2) is 11.6 Å². The molecule has 1 saturated carbocycles. The third kappa shape index (κ3) is 5.05. The fraction of sp³-hybridized carbons (Fsp3) is 0.421. The molecule has 0 aromatic heterocycles. The maximum Gasteiger partial charge on any atom is 0.338 e. The highest BCUT2D eigenvalue weighted by molar-refractivity contribution is 6.21. The standard InChI is InChI=1S/C19H23NO4/c1-2-3-4-12-24-19(23)14-8-10-15(11-9-14)20-13-16-17(21)6-5-7-18(16)22/h8-11,13,20H,2-7,12H2,1H3. The van der Waals surface area contributed by atoms with E-state index < -0.39 is 0 Å². The lowest BCUT2D eigenvalue weighted by Crippen LogP contribution is -2.19. The first-order valence-corrected chi connectivity index (χ1v) is 8.42.